The Morgan fingerprint density at radius 2 is 1.72 bits per heavy atom. The van der Waals surface area contributed by atoms with Gasteiger partial charge in [-0.2, -0.15) is 0 Å². The third-order valence-corrected chi connectivity index (χ3v) is 3.13. The number of carbonyl (C=O) groups excluding carboxylic acids is 1. The Labute approximate surface area is 146 Å². The molecule has 0 aliphatic heterocycles. The van der Waals surface area contributed by atoms with E-state index in [1.165, 1.54) is 0 Å². The number of aliphatic carboxylic acids is 1. The van der Waals surface area contributed by atoms with Crippen molar-refractivity contribution in [1.82, 2.24) is 0 Å². The molecular formula is C19H21NO5. The normalized spacial score (nSPS) is 10.4. The molecule has 0 aliphatic rings. The molecule has 0 saturated heterocycles. The summed E-state index contributed by atoms with van der Waals surface area (Å²) in [5.41, 5.74) is 0.986. The number of amides is 1. The van der Waals surface area contributed by atoms with Gasteiger partial charge in [-0.05, 0) is 36.2 Å². The molecule has 6 nitrogen and oxygen atoms in total. The Hall–Kier alpha value is -3.02. The van der Waals surface area contributed by atoms with E-state index in [0.29, 0.717) is 35.3 Å². The Bertz CT molecular complexity index is 742. The first-order chi connectivity index (χ1) is 11.9. The fraction of sp³-hybridized carbons (Fsp3) is 0.263. The number of carboxylic acid groups (broad SMARTS) is 1. The van der Waals surface area contributed by atoms with Gasteiger partial charge in [0.15, 0.2) is 6.61 Å². The molecule has 0 aromatic heterocycles. The summed E-state index contributed by atoms with van der Waals surface area (Å²) in [6.07, 6.45) is 0. The van der Waals surface area contributed by atoms with Crippen molar-refractivity contribution in [3.63, 3.8) is 0 Å². The minimum atomic E-state index is -1.06. The molecule has 1 amide bonds. The second kappa shape index (κ2) is 8.73. The molecule has 132 valence electrons. The zero-order valence-corrected chi connectivity index (χ0v) is 14.2. The first kappa shape index (κ1) is 18.3. The maximum Gasteiger partial charge on any atom is 0.341 e. The summed E-state index contributed by atoms with van der Waals surface area (Å²) in [4.78, 5) is 22.9. The summed E-state index contributed by atoms with van der Waals surface area (Å²) < 4.78 is 10.7. The maximum atomic E-state index is 12.4. The largest absolute Gasteiger partial charge is 0.493 e. The van der Waals surface area contributed by atoms with Gasteiger partial charge in [0, 0.05) is 17.3 Å². The summed E-state index contributed by atoms with van der Waals surface area (Å²) in [7, 11) is 0. The van der Waals surface area contributed by atoms with Crippen LogP contribution in [0.1, 0.15) is 24.2 Å². The molecule has 0 bridgehead atoms. The molecule has 2 N–H and O–H groups in total. The minimum absolute atomic E-state index is 0.287. The quantitative estimate of drug-likeness (QED) is 0.767. The van der Waals surface area contributed by atoms with Crippen LogP contribution in [-0.4, -0.2) is 30.2 Å². The zero-order chi connectivity index (χ0) is 18.2. The van der Waals surface area contributed by atoms with E-state index in [1.54, 1.807) is 48.5 Å². The van der Waals surface area contributed by atoms with Crippen molar-refractivity contribution in [2.75, 3.05) is 18.5 Å². The van der Waals surface area contributed by atoms with Crippen LogP contribution in [0, 0.1) is 5.92 Å². The number of benzene rings is 2. The van der Waals surface area contributed by atoms with E-state index in [0.717, 1.165) is 0 Å². The van der Waals surface area contributed by atoms with Gasteiger partial charge in [-0.15, -0.1) is 0 Å². The van der Waals surface area contributed by atoms with Gasteiger partial charge in [-0.3, -0.25) is 4.79 Å². The van der Waals surface area contributed by atoms with E-state index >= 15 is 0 Å². The molecule has 0 unspecified atom stereocenters. The standard InChI is InChI=1S/C19H21NO5/c1-13(2)11-24-16-7-3-5-14(9-16)19(23)20-15-6-4-8-17(10-15)25-12-18(21)22/h3-10,13H,11-12H2,1-2H3,(H,20,23)(H,21,22). The van der Waals surface area contributed by atoms with Crippen LogP contribution in [0.25, 0.3) is 0 Å². The van der Waals surface area contributed by atoms with Gasteiger partial charge in [0.05, 0.1) is 6.61 Å². The first-order valence-corrected chi connectivity index (χ1v) is 7.93. The molecule has 0 aliphatic carbocycles. The van der Waals surface area contributed by atoms with Gasteiger partial charge in [-0.25, -0.2) is 4.79 Å². The van der Waals surface area contributed by atoms with Crippen LogP contribution in [0.3, 0.4) is 0 Å². The topological polar surface area (TPSA) is 84.9 Å². The van der Waals surface area contributed by atoms with Gasteiger partial charge in [0.1, 0.15) is 11.5 Å². The highest BCUT2D eigenvalue weighted by atomic mass is 16.5. The molecule has 2 aromatic carbocycles. The average molecular weight is 343 g/mol. The molecule has 2 rings (SSSR count). The summed E-state index contributed by atoms with van der Waals surface area (Å²) in [6.45, 7) is 4.24. The Kier molecular flexibility index (Phi) is 6.39. The van der Waals surface area contributed by atoms with Crippen molar-refractivity contribution in [3.05, 3.63) is 54.1 Å². The van der Waals surface area contributed by atoms with Gasteiger partial charge in [0.25, 0.3) is 5.91 Å². The highest BCUT2D eigenvalue weighted by Crippen LogP contribution is 2.19. The van der Waals surface area contributed by atoms with Crippen LogP contribution in [0.2, 0.25) is 0 Å². The Balaban J connectivity index is 2.03. The van der Waals surface area contributed by atoms with E-state index < -0.39 is 12.6 Å². The second-order valence-corrected chi connectivity index (χ2v) is 5.90. The van der Waals surface area contributed by atoms with E-state index in [1.807, 2.05) is 0 Å². The number of rotatable bonds is 8. The molecule has 2 aromatic rings. The van der Waals surface area contributed by atoms with Crippen molar-refractivity contribution in [2.24, 2.45) is 5.92 Å². The smallest absolute Gasteiger partial charge is 0.341 e. The van der Waals surface area contributed by atoms with Crippen molar-refractivity contribution < 1.29 is 24.2 Å². The third kappa shape index (κ3) is 6.18. The number of carboxylic acids is 1. The minimum Gasteiger partial charge on any atom is -0.493 e. The monoisotopic (exact) mass is 343 g/mol. The lowest BCUT2D eigenvalue weighted by Crippen LogP contribution is -2.13. The number of carbonyl (C=O) groups is 2. The van der Waals surface area contributed by atoms with Crippen LogP contribution in [-0.2, 0) is 4.79 Å². The molecular weight excluding hydrogens is 322 g/mol. The van der Waals surface area contributed by atoms with Crippen molar-refractivity contribution >= 4 is 17.6 Å². The number of anilines is 1. The number of hydrogen-bond acceptors (Lipinski definition) is 4. The maximum absolute atomic E-state index is 12.4. The molecule has 0 spiro atoms. The van der Waals surface area contributed by atoms with Gasteiger partial charge in [0.2, 0.25) is 0 Å². The van der Waals surface area contributed by atoms with Crippen LogP contribution in [0.4, 0.5) is 5.69 Å². The summed E-state index contributed by atoms with van der Waals surface area (Å²) in [5.74, 6) is 0.0539. The van der Waals surface area contributed by atoms with Crippen molar-refractivity contribution in [2.45, 2.75) is 13.8 Å². The predicted molar refractivity (Wildman–Crippen MR) is 94.3 cm³/mol. The third-order valence-electron chi connectivity index (χ3n) is 3.13. The van der Waals surface area contributed by atoms with Crippen LogP contribution >= 0.6 is 0 Å². The second-order valence-electron chi connectivity index (χ2n) is 5.90. The van der Waals surface area contributed by atoms with E-state index in [-0.39, 0.29) is 5.91 Å². The van der Waals surface area contributed by atoms with Gasteiger partial charge < -0.3 is 19.9 Å². The Morgan fingerprint density at radius 3 is 2.40 bits per heavy atom. The first-order valence-electron chi connectivity index (χ1n) is 7.93. The zero-order valence-electron chi connectivity index (χ0n) is 14.2. The highest BCUT2D eigenvalue weighted by Gasteiger charge is 2.09. The van der Waals surface area contributed by atoms with E-state index in [2.05, 4.69) is 19.2 Å². The molecule has 0 atom stereocenters. The van der Waals surface area contributed by atoms with Gasteiger partial charge in [-0.1, -0.05) is 26.0 Å². The molecule has 0 heterocycles. The molecule has 6 heteroatoms. The van der Waals surface area contributed by atoms with Crippen molar-refractivity contribution in [3.8, 4) is 11.5 Å². The van der Waals surface area contributed by atoms with E-state index in [4.69, 9.17) is 14.6 Å². The highest BCUT2D eigenvalue weighted by molar-refractivity contribution is 6.04. The number of ether oxygens (including phenoxy) is 2. The lowest BCUT2D eigenvalue weighted by molar-refractivity contribution is -0.139. The van der Waals surface area contributed by atoms with Crippen LogP contribution in [0.5, 0.6) is 11.5 Å². The molecule has 0 saturated carbocycles. The number of nitrogens with one attached hydrogen (secondary N) is 1. The lowest BCUT2D eigenvalue weighted by Gasteiger charge is -2.11. The SMILES string of the molecule is CC(C)COc1cccc(C(=O)Nc2cccc(OCC(=O)O)c2)c1. The molecule has 0 radical (unpaired) electrons. The predicted octanol–water partition coefficient (Wildman–Crippen LogP) is 3.44. The molecule has 0 fully saturated rings. The summed E-state index contributed by atoms with van der Waals surface area (Å²) >= 11 is 0. The van der Waals surface area contributed by atoms with Crippen molar-refractivity contribution in [1.29, 1.82) is 0 Å². The summed E-state index contributed by atoms with van der Waals surface area (Å²) in [5, 5.41) is 11.4. The van der Waals surface area contributed by atoms with Gasteiger partial charge >= 0.3 is 5.97 Å². The lowest BCUT2D eigenvalue weighted by atomic mass is 10.2. The Morgan fingerprint density at radius 1 is 1.04 bits per heavy atom. The number of hydrogen-bond donors (Lipinski definition) is 2. The molecule has 25 heavy (non-hydrogen) atoms. The van der Waals surface area contributed by atoms with Crippen LogP contribution in [0.15, 0.2) is 48.5 Å². The van der Waals surface area contributed by atoms with E-state index in [9.17, 15) is 9.59 Å². The summed E-state index contributed by atoms with van der Waals surface area (Å²) in [6, 6.07) is 13.5. The van der Waals surface area contributed by atoms with Crippen LogP contribution < -0.4 is 14.8 Å². The fourth-order valence-electron chi connectivity index (χ4n) is 2.00. The average Bonchev–Trinajstić information content (AvgIpc) is 2.59. The fourth-order valence-corrected chi connectivity index (χ4v) is 2.00.